The van der Waals surface area contributed by atoms with Crippen molar-refractivity contribution in [2.75, 3.05) is 31.7 Å². The molecule has 0 spiro atoms. The Kier molecular flexibility index (Phi) is 4.75. The van der Waals surface area contributed by atoms with Gasteiger partial charge in [-0.05, 0) is 63.9 Å². The first-order valence-electron chi connectivity index (χ1n) is 6.37. The smallest absolute Gasteiger partial charge is 0.0353 e. The maximum atomic E-state index is 3.68. The third kappa shape index (κ3) is 3.93. The lowest BCUT2D eigenvalue weighted by Crippen LogP contribution is -2.22. The Bertz CT molecular complexity index is 354. The van der Waals surface area contributed by atoms with Crippen LogP contribution in [0.2, 0.25) is 0 Å². The summed E-state index contributed by atoms with van der Waals surface area (Å²) in [7, 11) is 2.22. The van der Waals surface area contributed by atoms with Gasteiger partial charge < -0.3 is 10.2 Å². The van der Waals surface area contributed by atoms with Gasteiger partial charge in [0.05, 0.1) is 0 Å². The number of thioether (sulfide) groups is 1. The van der Waals surface area contributed by atoms with Gasteiger partial charge in [0.2, 0.25) is 0 Å². The molecule has 1 heterocycles. The SMILES string of the molecule is CSc1cccc(NC2CCCN(C)CC2)c1. The Hall–Kier alpha value is -0.670. The fourth-order valence-corrected chi connectivity index (χ4v) is 2.79. The fourth-order valence-electron chi connectivity index (χ4n) is 2.33. The van der Waals surface area contributed by atoms with Crippen LogP contribution in [0.15, 0.2) is 29.2 Å². The summed E-state index contributed by atoms with van der Waals surface area (Å²) in [5, 5.41) is 3.68. The molecule has 0 saturated carbocycles. The van der Waals surface area contributed by atoms with Gasteiger partial charge in [-0.3, -0.25) is 0 Å². The number of rotatable bonds is 3. The molecule has 1 aliphatic rings. The topological polar surface area (TPSA) is 15.3 Å². The normalized spacial score (nSPS) is 22.1. The van der Waals surface area contributed by atoms with Gasteiger partial charge in [0.25, 0.3) is 0 Å². The van der Waals surface area contributed by atoms with Gasteiger partial charge in [-0.15, -0.1) is 11.8 Å². The van der Waals surface area contributed by atoms with E-state index >= 15 is 0 Å². The number of anilines is 1. The molecular weight excluding hydrogens is 228 g/mol. The van der Waals surface area contributed by atoms with Gasteiger partial charge in [-0.2, -0.15) is 0 Å². The Morgan fingerprint density at radius 3 is 3.00 bits per heavy atom. The van der Waals surface area contributed by atoms with Crippen LogP contribution in [-0.2, 0) is 0 Å². The molecule has 1 atom stereocenters. The first-order valence-corrected chi connectivity index (χ1v) is 7.59. The summed E-state index contributed by atoms with van der Waals surface area (Å²) in [5.41, 5.74) is 1.27. The standard InChI is InChI=1S/C14H22N2S/c1-16-9-4-6-12(8-10-16)15-13-5-3-7-14(11-13)17-2/h3,5,7,11-12,15H,4,6,8-10H2,1-2H3. The second-order valence-electron chi connectivity index (χ2n) is 4.81. The highest BCUT2D eigenvalue weighted by atomic mass is 32.2. The van der Waals surface area contributed by atoms with Crippen molar-refractivity contribution in [2.45, 2.75) is 30.2 Å². The van der Waals surface area contributed by atoms with Crippen LogP contribution in [-0.4, -0.2) is 37.3 Å². The van der Waals surface area contributed by atoms with Crippen molar-refractivity contribution < 1.29 is 0 Å². The van der Waals surface area contributed by atoms with E-state index < -0.39 is 0 Å². The molecule has 0 aliphatic carbocycles. The lowest BCUT2D eigenvalue weighted by Gasteiger charge is -2.18. The summed E-state index contributed by atoms with van der Waals surface area (Å²) in [6.07, 6.45) is 5.96. The summed E-state index contributed by atoms with van der Waals surface area (Å²) in [4.78, 5) is 3.76. The second kappa shape index (κ2) is 6.31. The molecule has 1 N–H and O–H groups in total. The van der Waals surface area contributed by atoms with Crippen molar-refractivity contribution in [3.8, 4) is 0 Å². The third-order valence-corrected chi connectivity index (χ3v) is 4.12. The average molecular weight is 250 g/mol. The molecule has 1 saturated heterocycles. The van der Waals surface area contributed by atoms with E-state index in [1.807, 2.05) is 0 Å². The number of hydrogen-bond acceptors (Lipinski definition) is 3. The summed E-state index contributed by atoms with van der Waals surface area (Å²) in [6.45, 7) is 2.45. The van der Waals surface area contributed by atoms with E-state index in [1.54, 1.807) is 11.8 Å². The molecule has 0 amide bonds. The largest absolute Gasteiger partial charge is 0.382 e. The van der Waals surface area contributed by atoms with Crippen LogP contribution in [0.25, 0.3) is 0 Å². The Morgan fingerprint density at radius 2 is 2.18 bits per heavy atom. The van der Waals surface area contributed by atoms with Gasteiger partial charge in [0.1, 0.15) is 0 Å². The summed E-state index contributed by atoms with van der Waals surface area (Å²) >= 11 is 1.80. The Labute approximate surface area is 109 Å². The van der Waals surface area contributed by atoms with Gasteiger partial charge in [0.15, 0.2) is 0 Å². The van der Waals surface area contributed by atoms with Crippen LogP contribution in [0.5, 0.6) is 0 Å². The van der Waals surface area contributed by atoms with E-state index in [4.69, 9.17) is 0 Å². The molecule has 3 heteroatoms. The fraction of sp³-hybridized carbons (Fsp3) is 0.571. The molecule has 0 radical (unpaired) electrons. The quantitative estimate of drug-likeness (QED) is 0.829. The number of nitrogens with one attached hydrogen (secondary N) is 1. The molecule has 17 heavy (non-hydrogen) atoms. The molecule has 1 aliphatic heterocycles. The molecule has 1 aromatic carbocycles. The van der Waals surface area contributed by atoms with Crippen LogP contribution in [0, 0.1) is 0 Å². The van der Waals surface area contributed by atoms with Crippen LogP contribution >= 0.6 is 11.8 Å². The maximum absolute atomic E-state index is 3.68. The third-order valence-electron chi connectivity index (χ3n) is 3.39. The summed E-state index contributed by atoms with van der Waals surface area (Å²) in [6, 6.07) is 9.36. The molecule has 0 bridgehead atoms. The minimum absolute atomic E-state index is 0.636. The van der Waals surface area contributed by atoms with Gasteiger partial charge in [0, 0.05) is 16.6 Å². The van der Waals surface area contributed by atoms with E-state index in [-0.39, 0.29) is 0 Å². The van der Waals surface area contributed by atoms with Crippen molar-refractivity contribution >= 4 is 17.4 Å². The predicted octanol–water partition coefficient (Wildman–Crippen LogP) is 3.30. The molecule has 1 unspecified atom stereocenters. The van der Waals surface area contributed by atoms with Crippen LogP contribution in [0.1, 0.15) is 19.3 Å². The second-order valence-corrected chi connectivity index (χ2v) is 5.69. The molecular formula is C14H22N2S. The van der Waals surface area contributed by atoms with Crippen molar-refractivity contribution in [3.05, 3.63) is 24.3 Å². The van der Waals surface area contributed by atoms with E-state index in [9.17, 15) is 0 Å². The predicted molar refractivity (Wildman–Crippen MR) is 77.0 cm³/mol. The Balaban J connectivity index is 1.94. The first-order chi connectivity index (χ1) is 8.28. The zero-order chi connectivity index (χ0) is 12.1. The zero-order valence-corrected chi connectivity index (χ0v) is 11.6. The highest BCUT2D eigenvalue weighted by Crippen LogP contribution is 2.21. The van der Waals surface area contributed by atoms with Gasteiger partial charge in [-0.1, -0.05) is 6.07 Å². The van der Waals surface area contributed by atoms with Gasteiger partial charge >= 0.3 is 0 Å². The number of benzene rings is 1. The number of hydrogen-bond donors (Lipinski definition) is 1. The van der Waals surface area contributed by atoms with Crippen LogP contribution < -0.4 is 5.32 Å². The van der Waals surface area contributed by atoms with E-state index in [0.29, 0.717) is 6.04 Å². The molecule has 94 valence electrons. The zero-order valence-electron chi connectivity index (χ0n) is 10.8. The van der Waals surface area contributed by atoms with Crippen molar-refractivity contribution in [3.63, 3.8) is 0 Å². The van der Waals surface area contributed by atoms with Crippen LogP contribution in [0.3, 0.4) is 0 Å². The van der Waals surface area contributed by atoms with Crippen molar-refractivity contribution in [1.29, 1.82) is 0 Å². The highest BCUT2D eigenvalue weighted by Gasteiger charge is 2.14. The molecule has 1 aromatic rings. The molecule has 1 fully saturated rings. The maximum Gasteiger partial charge on any atom is 0.0353 e. The van der Waals surface area contributed by atoms with Crippen LogP contribution in [0.4, 0.5) is 5.69 Å². The van der Waals surface area contributed by atoms with Crippen molar-refractivity contribution in [1.82, 2.24) is 4.90 Å². The summed E-state index contributed by atoms with van der Waals surface area (Å²) in [5.74, 6) is 0. The number of likely N-dealkylation sites (tertiary alicyclic amines) is 1. The monoisotopic (exact) mass is 250 g/mol. The summed E-state index contributed by atoms with van der Waals surface area (Å²) < 4.78 is 0. The van der Waals surface area contributed by atoms with E-state index in [2.05, 4.69) is 47.8 Å². The van der Waals surface area contributed by atoms with E-state index in [1.165, 1.54) is 42.9 Å². The van der Waals surface area contributed by atoms with Gasteiger partial charge in [-0.25, -0.2) is 0 Å². The lowest BCUT2D eigenvalue weighted by molar-refractivity contribution is 0.348. The Morgan fingerprint density at radius 1 is 1.29 bits per heavy atom. The molecule has 0 aromatic heterocycles. The average Bonchev–Trinajstić information content (AvgIpc) is 2.55. The van der Waals surface area contributed by atoms with Crippen molar-refractivity contribution in [2.24, 2.45) is 0 Å². The molecule has 2 nitrogen and oxygen atoms in total. The molecule has 2 rings (SSSR count). The van der Waals surface area contributed by atoms with E-state index in [0.717, 1.165) is 0 Å². The number of nitrogens with zero attached hydrogens (tertiary/aromatic N) is 1. The first kappa shape index (κ1) is 12.8. The minimum Gasteiger partial charge on any atom is -0.382 e. The minimum atomic E-state index is 0.636. The lowest BCUT2D eigenvalue weighted by atomic mass is 10.1. The highest BCUT2D eigenvalue weighted by molar-refractivity contribution is 7.98.